The van der Waals surface area contributed by atoms with Crippen LogP contribution in [0.15, 0.2) is 18.2 Å². The molecule has 0 amide bonds. The summed E-state index contributed by atoms with van der Waals surface area (Å²) in [5.41, 5.74) is 1.41. The molecule has 2 heterocycles. The van der Waals surface area contributed by atoms with E-state index in [2.05, 4.69) is 24.1 Å². The first-order valence-corrected chi connectivity index (χ1v) is 7.64. The maximum atomic E-state index is 6.30. The number of likely N-dealkylation sites (tertiary alicyclic amines) is 1. The molecule has 19 heavy (non-hydrogen) atoms. The highest BCUT2D eigenvalue weighted by Crippen LogP contribution is 2.41. The Labute approximate surface area is 125 Å². The molecule has 0 saturated carbocycles. The molecule has 0 radical (unpaired) electrons. The molecule has 1 aromatic rings. The van der Waals surface area contributed by atoms with E-state index in [0.717, 1.165) is 43.0 Å². The Balaban J connectivity index is 1.80. The molecule has 1 aromatic carbocycles. The van der Waals surface area contributed by atoms with E-state index in [0.29, 0.717) is 5.02 Å². The van der Waals surface area contributed by atoms with Crippen LogP contribution in [0.4, 0.5) is 0 Å². The van der Waals surface area contributed by atoms with Crippen LogP contribution in [0.2, 0.25) is 10.0 Å². The van der Waals surface area contributed by atoms with Crippen LogP contribution in [-0.4, -0.2) is 30.1 Å². The van der Waals surface area contributed by atoms with Gasteiger partial charge in [-0.05, 0) is 49.9 Å². The Kier molecular flexibility index (Phi) is 3.55. The maximum Gasteiger partial charge on any atom is 0.0465 e. The van der Waals surface area contributed by atoms with E-state index in [1.165, 1.54) is 5.56 Å². The van der Waals surface area contributed by atoms with Crippen LogP contribution < -0.4 is 5.32 Å². The summed E-state index contributed by atoms with van der Waals surface area (Å²) in [7, 11) is 0. The van der Waals surface area contributed by atoms with Crippen molar-refractivity contribution in [3.05, 3.63) is 33.8 Å². The minimum absolute atomic E-state index is 0.233. The molecule has 2 fully saturated rings. The molecule has 2 unspecified atom stereocenters. The normalized spacial score (nSPS) is 29.7. The number of rotatable bonds is 2. The number of nitrogens with one attached hydrogen (secondary N) is 1. The van der Waals surface area contributed by atoms with Gasteiger partial charge in [0.25, 0.3) is 0 Å². The van der Waals surface area contributed by atoms with E-state index in [4.69, 9.17) is 23.2 Å². The zero-order valence-electron chi connectivity index (χ0n) is 11.4. The van der Waals surface area contributed by atoms with Crippen molar-refractivity contribution in [3.8, 4) is 0 Å². The topological polar surface area (TPSA) is 15.3 Å². The molecule has 1 N–H and O–H groups in total. The molecule has 2 aliphatic rings. The van der Waals surface area contributed by atoms with Gasteiger partial charge in [0.05, 0.1) is 0 Å². The van der Waals surface area contributed by atoms with E-state index >= 15 is 0 Å². The van der Waals surface area contributed by atoms with E-state index in [1.807, 2.05) is 18.2 Å². The number of halogens is 2. The fraction of sp³-hybridized carbons (Fsp3) is 0.600. The average molecular weight is 299 g/mol. The summed E-state index contributed by atoms with van der Waals surface area (Å²) >= 11 is 12.3. The molecule has 104 valence electrons. The van der Waals surface area contributed by atoms with Crippen LogP contribution in [0.1, 0.15) is 19.4 Å². The Morgan fingerprint density at radius 1 is 1.32 bits per heavy atom. The first kappa shape index (κ1) is 13.7. The second kappa shape index (κ2) is 4.92. The van der Waals surface area contributed by atoms with E-state index in [9.17, 15) is 0 Å². The quantitative estimate of drug-likeness (QED) is 0.900. The second-order valence-electron chi connectivity index (χ2n) is 6.29. The lowest BCUT2D eigenvalue weighted by Crippen LogP contribution is -2.43. The van der Waals surface area contributed by atoms with Crippen molar-refractivity contribution in [1.82, 2.24) is 10.2 Å². The van der Waals surface area contributed by atoms with Gasteiger partial charge in [0.2, 0.25) is 0 Å². The molecule has 2 aliphatic heterocycles. The molecule has 2 saturated heterocycles. The molecule has 2 nitrogen and oxygen atoms in total. The molecular formula is C15H20Cl2N2. The van der Waals surface area contributed by atoms with Crippen LogP contribution >= 0.6 is 23.2 Å². The number of fused-ring (bicyclic) bond motifs is 1. The van der Waals surface area contributed by atoms with Gasteiger partial charge in [-0.2, -0.15) is 0 Å². The van der Waals surface area contributed by atoms with Crippen LogP contribution in [-0.2, 0) is 6.54 Å². The summed E-state index contributed by atoms with van der Waals surface area (Å²) in [5, 5.41) is 4.99. The van der Waals surface area contributed by atoms with E-state index in [1.54, 1.807) is 0 Å². The summed E-state index contributed by atoms with van der Waals surface area (Å²) < 4.78 is 0. The average Bonchev–Trinajstić information content (AvgIpc) is 2.87. The first-order valence-electron chi connectivity index (χ1n) is 6.88. The molecule has 2 atom stereocenters. The van der Waals surface area contributed by atoms with Crippen LogP contribution in [0.5, 0.6) is 0 Å². The van der Waals surface area contributed by atoms with Crippen LogP contribution in [0.3, 0.4) is 0 Å². The SMILES string of the molecule is CC1(C)C2CNCC2CN1Cc1ccc(Cl)cc1Cl. The second-order valence-corrected chi connectivity index (χ2v) is 7.14. The van der Waals surface area contributed by atoms with Gasteiger partial charge in [-0.15, -0.1) is 0 Å². The third-order valence-corrected chi connectivity index (χ3v) is 5.48. The standard InChI is InChI=1S/C15H20Cl2N2/c1-15(2)13-7-18-6-11(13)9-19(15)8-10-3-4-12(16)5-14(10)17/h3-5,11,13,18H,6-9H2,1-2H3. The molecule has 4 heteroatoms. The van der Waals surface area contributed by atoms with Gasteiger partial charge in [-0.1, -0.05) is 29.3 Å². The smallest absolute Gasteiger partial charge is 0.0465 e. The number of hydrogen-bond donors (Lipinski definition) is 1. The molecule has 0 spiro atoms. The Morgan fingerprint density at radius 3 is 2.79 bits per heavy atom. The van der Waals surface area contributed by atoms with Gasteiger partial charge in [0.15, 0.2) is 0 Å². The van der Waals surface area contributed by atoms with Crippen molar-refractivity contribution >= 4 is 23.2 Å². The summed E-state index contributed by atoms with van der Waals surface area (Å²) in [6.07, 6.45) is 0. The highest BCUT2D eigenvalue weighted by atomic mass is 35.5. The van der Waals surface area contributed by atoms with Gasteiger partial charge in [-0.25, -0.2) is 0 Å². The van der Waals surface area contributed by atoms with Crippen LogP contribution in [0, 0.1) is 11.8 Å². The monoisotopic (exact) mass is 298 g/mol. The highest BCUT2D eigenvalue weighted by Gasteiger charge is 2.49. The zero-order valence-corrected chi connectivity index (χ0v) is 12.9. The van der Waals surface area contributed by atoms with Crippen LogP contribution in [0.25, 0.3) is 0 Å². The van der Waals surface area contributed by atoms with Gasteiger partial charge in [0.1, 0.15) is 0 Å². The van der Waals surface area contributed by atoms with E-state index < -0.39 is 0 Å². The molecule has 0 bridgehead atoms. The number of hydrogen-bond acceptors (Lipinski definition) is 2. The minimum Gasteiger partial charge on any atom is -0.316 e. The van der Waals surface area contributed by atoms with Crippen molar-refractivity contribution in [1.29, 1.82) is 0 Å². The third-order valence-electron chi connectivity index (χ3n) is 4.89. The minimum atomic E-state index is 0.233. The third kappa shape index (κ3) is 2.40. The predicted molar refractivity (Wildman–Crippen MR) is 80.8 cm³/mol. The van der Waals surface area contributed by atoms with Gasteiger partial charge in [-0.3, -0.25) is 4.90 Å². The lowest BCUT2D eigenvalue weighted by molar-refractivity contribution is 0.132. The number of nitrogens with zero attached hydrogens (tertiary/aromatic N) is 1. The maximum absolute atomic E-state index is 6.30. The Hall–Kier alpha value is -0.280. The lowest BCUT2D eigenvalue weighted by atomic mass is 9.85. The fourth-order valence-corrected chi connectivity index (χ4v) is 4.10. The predicted octanol–water partition coefficient (Wildman–Crippen LogP) is 3.42. The summed E-state index contributed by atoms with van der Waals surface area (Å²) in [6, 6.07) is 5.81. The molecule has 3 rings (SSSR count). The van der Waals surface area contributed by atoms with Crippen molar-refractivity contribution < 1.29 is 0 Å². The molecule has 0 aromatic heterocycles. The van der Waals surface area contributed by atoms with Crippen molar-refractivity contribution in [2.75, 3.05) is 19.6 Å². The van der Waals surface area contributed by atoms with Crippen molar-refractivity contribution in [2.45, 2.75) is 25.9 Å². The molecular weight excluding hydrogens is 279 g/mol. The summed E-state index contributed by atoms with van der Waals surface area (Å²) in [6.45, 7) is 9.07. The van der Waals surface area contributed by atoms with Gasteiger partial charge < -0.3 is 5.32 Å². The lowest BCUT2D eigenvalue weighted by Gasteiger charge is -2.35. The number of benzene rings is 1. The van der Waals surface area contributed by atoms with Crippen molar-refractivity contribution in [2.24, 2.45) is 11.8 Å². The first-order chi connectivity index (χ1) is 8.98. The zero-order chi connectivity index (χ0) is 13.6. The van der Waals surface area contributed by atoms with Crippen molar-refractivity contribution in [3.63, 3.8) is 0 Å². The fourth-order valence-electron chi connectivity index (χ4n) is 3.63. The van der Waals surface area contributed by atoms with Gasteiger partial charge >= 0.3 is 0 Å². The largest absolute Gasteiger partial charge is 0.316 e. The highest BCUT2D eigenvalue weighted by molar-refractivity contribution is 6.35. The summed E-state index contributed by atoms with van der Waals surface area (Å²) in [4.78, 5) is 2.57. The summed E-state index contributed by atoms with van der Waals surface area (Å²) in [5.74, 6) is 1.53. The Morgan fingerprint density at radius 2 is 2.11 bits per heavy atom. The Bertz CT molecular complexity index is 487. The van der Waals surface area contributed by atoms with Gasteiger partial charge in [0, 0.05) is 35.2 Å². The molecule has 0 aliphatic carbocycles. The van der Waals surface area contributed by atoms with E-state index in [-0.39, 0.29) is 5.54 Å².